The molecule has 0 aliphatic heterocycles. The first-order chi connectivity index (χ1) is 16.9. The first-order valence-electron chi connectivity index (χ1n) is 12.5. The Morgan fingerprint density at radius 2 is 1.83 bits per heavy atom. The van der Waals surface area contributed by atoms with Crippen LogP contribution >= 0.6 is 0 Å². The molecule has 8 nitrogen and oxygen atoms in total. The van der Waals surface area contributed by atoms with Crippen molar-refractivity contribution in [2.24, 2.45) is 11.3 Å². The summed E-state index contributed by atoms with van der Waals surface area (Å²) >= 11 is 0. The number of carbonyl (C=O) groups excluding carboxylic acids is 1. The highest BCUT2D eigenvalue weighted by Gasteiger charge is 2.34. The third-order valence-corrected chi connectivity index (χ3v) is 7.18. The fourth-order valence-electron chi connectivity index (χ4n) is 5.21. The van der Waals surface area contributed by atoms with Crippen LogP contribution in [-0.4, -0.2) is 41.4 Å². The van der Waals surface area contributed by atoms with Crippen LogP contribution in [0.3, 0.4) is 0 Å². The Labute approximate surface area is 207 Å². The Morgan fingerprint density at radius 1 is 1.06 bits per heavy atom. The zero-order valence-corrected chi connectivity index (χ0v) is 21.2. The summed E-state index contributed by atoms with van der Waals surface area (Å²) < 4.78 is 12.9. The van der Waals surface area contributed by atoms with E-state index in [-0.39, 0.29) is 23.4 Å². The van der Waals surface area contributed by atoms with Crippen molar-refractivity contribution in [3.8, 4) is 11.5 Å². The lowest BCUT2D eigenvalue weighted by Gasteiger charge is -2.37. The number of benzene rings is 1. The maximum atomic E-state index is 13.1. The standard InChI is InChI=1S/C27H37N5O3/c1-19(2)25(20-11-12-21(34-3)22(16-20)35-4)29-26(33)28-18-27(13-7-5-8-14-27)17-24-31-30-23-10-6-9-15-32(23)24/h6,9-12,15-16,19,25H,5,7-8,13-14,17-18H2,1-4H3,(H2,28,29,33)/t25-/m1/s1. The highest BCUT2D eigenvalue weighted by molar-refractivity contribution is 5.74. The molecular weight excluding hydrogens is 442 g/mol. The molecule has 2 heterocycles. The Bertz CT molecular complexity index is 1140. The molecule has 8 heteroatoms. The van der Waals surface area contributed by atoms with Gasteiger partial charge in [-0.05, 0) is 54.0 Å². The summed E-state index contributed by atoms with van der Waals surface area (Å²) in [5.74, 6) is 2.47. The molecule has 1 saturated carbocycles. The fourth-order valence-corrected chi connectivity index (χ4v) is 5.21. The predicted octanol–water partition coefficient (Wildman–Crippen LogP) is 4.94. The van der Waals surface area contributed by atoms with Gasteiger partial charge >= 0.3 is 6.03 Å². The number of urea groups is 1. The number of pyridine rings is 1. The van der Waals surface area contributed by atoms with Crippen molar-refractivity contribution in [2.75, 3.05) is 20.8 Å². The largest absolute Gasteiger partial charge is 0.493 e. The first kappa shape index (κ1) is 24.8. The van der Waals surface area contributed by atoms with Crippen molar-refractivity contribution in [3.05, 3.63) is 54.0 Å². The number of methoxy groups -OCH3 is 2. The van der Waals surface area contributed by atoms with Gasteiger partial charge in [0.2, 0.25) is 0 Å². The molecule has 1 atom stereocenters. The molecule has 188 valence electrons. The van der Waals surface area contributed by atoms with Crippen molar-refractivity contribution in [2.45, 2.75) is 58.4 Å². The van der Waals surface area contributed by atoms with Crippen molar-refractivity contribution in [1.29, 1.82) is 0 Å². The normalized spacial score (nSPS) is 16.1. The van der Waals surface area contributed by atoms with Gasteiger partial charge in [-0.25, -0.2) is 4.79 Å². The van der Waals surface area contributed by atoms with E-state index in [1.165, 1.54) is 19.3 Å². The first-order valence-corrected chi connectivity index (χ1v) is 12.5. The van der Waals surface area contributed by atoms with Gasteiger partial charge in [0.05, 0.1) is 20.3 Å². The monoisotopic (exact) mass is 479 g/mol. The summed E-state index contributed by atoms with van der Waals surface area (Å²) in [6.45, 7) is 4.80. The Morgan fingerprint density at radius 3 is 2.54 bits per heavy atom. The lowest BCUT2D eigenvalue weighted by molar-refractivity contribution is 0.173. The molecule has 1 aliphatic carbocycles. The molecule has 2 N–H and O–H groups in total. The van der Waals surface area contributed by atoms with Crippen LogP contribution in [0.25, 0.3) is 5.65 Å². The summed E-state index contributed by atoms with van der Waals surface area (Å²) in [6, 6.07) is 11.4. The Balaban J connectivity index is 1.46. The maximum absolute atomic E-state index is 13.1. The minimum atomic E-state index is -0.158. The molecule has 0 spiro atoms. The molecule has 1 aliphatic rings. The number of hydrogen-bond acceptors (Lipinski definition) is 5. The maximum Gasteiger partial charge on any atom is 0.315 e. The van der Waals surface area contributed by atoms with E-state index in [0.29, 0.717) is 18.0 Å². The van der Waals surface area contributed by atoms with Crippen LogP contribution < -0.4 is 20.1 Å². The summed E-state index contributed by atoms with van der Waals surface area (Å²) in [5.41, 5.74) is 1.81. The molecule has 1 aromatic carbocycles. The molecule has 0 unspecified atom stereocenters. The number of nitrogens with zero attached hydrogens (tertiary/aromatic N) is 3. The molecule has 35 heavy (non-hydrogen) atoms. The molecule has 1 fully saturated rings. The Kier molecular flexibility index (Phi) is 7.78. The van der Waals surface area contributed by atoms with Gasteiger partial charge in [0.1, 0.15) is 5.82 Å². The lowest BCUT2D eigenvalue weighted by Crippen LogP contribution is -2.46. The predicted molar refractivity (Wildman–Crippen MR) is 136 cm³/mol. The average Bonchev–Trinajstić information content (AvgIpc) is 3.28. The molecule has 2 amide bonds. The lowest BCUT2D eigenvalue weighted by atomic mass is 9.71. The van der Waals surface area contributed by atoms with Gasteiger partial charge in [0.25, 0.3) is 0 Å². The second kappa shape index (κ2) is 11.0. The summed E-state index contributed by atoms with van der Waals surface area (Å²) in [4.78, 5) is 13.1. The molecule has 3 aromatic rings. The number of ether oxygens (including phenoxy) is 2. The van der Waals surface area contributed by atoms with E-state index in [1.54, 1.807) is 14.2 Å². The second-order valence-electron chi connectivity index (χ2n) is 9.95. The fraction of sp³-hybridized carbons (Fsp3) is 0.519. The van der Waals surface area contributed by atoms with Crippen LogP contribution in [0.4, 0.5) is 4.79 Å². The van der Waals surface area contributed by atoms with Gasteiger partial charge in [0, 0.05) is 19.2 Å². The highest BCUT2D eigenvalue weighted by Crippen LogP contribution is 2.39. The summed E-state index contributed by atoms with van der Waals surface area (Å²) in [7, 11) is 3.24. The number of rotatable bonds is 9. The molecule has 2 aromatic heterocycles. The highest BCUT2D eigenvalue weighted by atomic mass is 16.5. The third-order valence-electron chi connectivity index (χ3n) is 7.18. The van der Waals surface area contributed by atoms with Gasteiger partial charge in [-0.1, -0.05) is 45.2 Å². The Hall–Kier alpha value is -3.29. The molecule has 0 bridgehead atoms. The van der Waals surface area contributed by atoms with Crippen LogP contribution in [0, 0.1) is 11.3 Å². The van der Waals surface area contributed by atoms with E-state index in [0.717, 1.165) is 36.3 Å². The van der Waals surface area contributed by atoms with E-state index < -0.39 is 0 Å². The van der Waals surface area contributed by atoms with Crippen molar-refractivity contribution in [1.82, 2.24) is 25.2 Å². The zero-order valence-electron chi connectivity index (χ0n) is 21.2. The topological polar surface area (TPSA) is 89.8 Å². The van der Waals surface area contributed by atoms with Crippen LogP contribution in [0.2, 0.25) is 0 Å². The van der Waals surface area contributed by atoms with E-state index in [9.17, 15) is 4.79 Å². The van der Waals surface area contributed by atoms with Crippen LogP contribution in [0.5, 0.6) is 11.5 Å². The number of hydrogen-bond donors (Lipinski definition) is 2. The van der Waals surface area contributed by atoms with Crippen LogP contribution in [-0.2, 0) is 6.42 Å². The minimum absolute atomic E-state index is 0.0228. The number of aromatic nitrogens is 3. The number of amides is 2. The quantitative estimate of drug-likeness (QED) is 0.454. The zero-order chi connectivity index (χ0) is 24.8. The number of carbonyl (C=O) groups is 1. The van der Waals surface area contributed by atoms with Gasteiger partial charge in [-0.3, -0.25) is 4.40 Å². The van der Waals surface area contributed by atoms with Crippen molar-refractivity contribution >= 4 is 11.7 Å². The average molecular weight is 480 g/mol. The van der Waals surface area contributed by atoms with E-state index in [1.807, 2.05) is 42.6 Å². The van der Waals surface area contributed by atoms with E-state index >= 15 is 0 Å². The third kappa shape index (κ3) is 5.69. The SMILES string of the molecule is COc1ccc([C@H](NC(=O)NCC2(Cc3nnc4ccccn34)CCCCC2)C(C)C)cc1OC. The van der Waals surface area contributed by atoms with Crippen LogP contribution in [0.1, 0.15) is 63.4 Å². The number of nitrogens with one attached hydrogen (secondary N) is 2. The molecule has 4 rings (SSSR count). The van der Waals surface area contributed by atoms with Gasteiger partial charge in [-0.15, -0.1) is 10.2 Å². The minimum Gasteiger partial charge on any atom is -0.493 e. The molecular formula is C27H37N5O3. The van der Waals surface area contributed by atoms with Gasteiger partial charge in [-0.2, -0.15) is 0 Å². The molecule has 0 saturated heterocycles. The van der Waals surface area contributed by atoms with E-state index in [4.69, 9.17) is 9.47 Å². The number of fused-ring (bicyclic) bond motifs is 1. The summed E-state index contributed by atoms with van der Waals surface area (Å²) in [6.07, 6.45) is 8.51. The van der Waals surface area contributed by atoms with Gasteiger partial charge in [0.15, 0.2) is 17.1 Å². The van der Waals surface area contributed by atoms with E-state index in [2.05, 4.69) is 39.1 Å². The summed E-state index contributed by atoms with van der Waals surface area (Å²) in [5, 5.41) is 15.2. The van der Waals surface area contributed by atoms with Crippen molar-refractivity contribution in [3.63, 3.8) is 0 Å². The van der Waals surface area contributed by atoms with Crippen LogP contribution in [0.15, 0.2) is 42.6 Å². The molecule has 0 radical (unpaired) electrons. The van der Waals surface area contributed by atoms with Crippen molar-refractivity contribution < 1.29 is 14.3 Å². The second-order valence-corrected chi connectivity index (χ2v) is 9.95. The smallest absolute Gasteiger partial charge is 0.315 e. The van der Waals surface area contributed by atoms with Gasteiger partial charge < -0.3 is 20.1 Å².